The van der Waals surface area contributed by atoms with Crippen LogP contribution < -0.4 is 9.46 Å². The van der Waals surface area contributed by atoms with E-state index in [1.165, 1.54) is 24.0 Å². The summed E-state index contributed by atoms with van der Waals surface area (Å²) in [7, 11) is -3.48. The lowest BCUT2D eigenvalue weighted by Gasteiger charge is -2.32. The third-order valence-corrected chi connectivity index (χ3v) is 7.67. The van der Waals surface area contributed by atoms with E-state index >= 15 is 0 Å². The van der Waals surface area contributed by atoms with Crippen molar-refractivity contribution >= 4 is 10.0 Å². The number of likely N-dealkylation sites (tertiary alicyclic amines) is 1. The Hall–Kier alpha value is -1.89. The standard InChI is InChI=1S/C26H38N2O3S/c1-3-4-20-31-25-10-12-26(13-11-25)32(29,30)27-16-5-17-28-18-14-24(15-19-28)21-23-8-6-22(2)7-9-23/h6-13,24,27H,3-5,14-21H2,1-2H3. The van der Waals surface area contributed by atoms with Crippen LogP contribution in [-0.4, -0.2) is 46.1 Å². The number of nitrogens with zero attached hydrogens (tertiary/aromatic N) is 1. The van der Waals surface area contributed by atoms with Gasteiger partial charge in [-0.05, 0) is 94.4 Å². The molecule has 6 heteroatoms. The van der Waals surface area contributed by atoms with Crippen LogP contribution in [0.3, 0.4) is 0 Å². The van der Waals surface area contributed by atoms with Gasteiger partial charge in [-0.25, -0.2) is 13.1 Å². The number of piperidine rings is 1. The third-order valence-electron chi connectivity index (χ3n) is 6.20. The molecule has 1 saturated heterocycles. The summed E-state index contributed by atoms with van der Waals surface area (Å²) in [6, 6.07) is 15.6. The number of unbranched alkanes of at least 4 members (excludes halogenated alkanes) is 1. The fraction of sp³-hybridized carbons (Fsp3) is 0.538. The van der Waals surface area contributed by atoms with E-state index in [0.29, 0.717) is 18.9 Å². The molecule has 0 saturated carbocycles. The number of ether oxygens (including phenoxy) is 1. The Bertz CT molecular complexity index is 903. The summed E-state index contributed by atoms with van der Waals surface area (Å²) in [6.45, 7) is 8.49. The maximum Gasteiger partial charge on any atom is 0.240 e. The van der Waals surface area contributed by atoms with E-state index in [9.17, 15) is 8.42 Å². The molecule has 0 radical (unpaired) electrons. The molecule has 2 aromatic carbocycles. The Kier molecular flexibility index (Phi) is 9.57. The van der Waals surface area contributed by atoms with Gasteiger partial charge in [0, 0.05) is 6.54 Å². The topological polar surface area (TPSA) is 58.6 Å². The van der Waals surface area contributed by atoms with Crippen molar-refractivity contribution in [2.45, 2.75) is 57.3 Å². The molecule has 0 unspecified atom stereocenters. The summed E-state index contributed by atoms with van der Waals surface area (Å²) < 4.78 is 33.4. The monoisotopic (exact) mass is 458 g/mol. The number of nitrogens with one attached hydrogen (secondary N) is 1. The molecule has 0 atom stereocenters. The maximum atomic E-state index is 12.5. The number of hydrogen-bond acceptors (Lipinski definition) is 4. The fourth-order valence-corrected chi connectivity index (χ4v) is 5.19. The highest BCUT2D eigenvalue weighted by Gasteiger charge is 2.19. The average molecular weight is 459 g/mol. The molecule has 3 rings (SSSR count). The molecule has 0 aromatic heterocycles. The third kappa shape index (κ3) is 7.91. The van der Waals surface area contributed by atoms with Crippen LogP contribution in [-0.2, 0) is 16.4 Å². The number of benzene rings is 2. The van der Waals surface area contributed by atoms with Crippen molar-refractivity contribution in [3.05, 3.63) is 59.7 Å². The minimum atomic E-state index is -3.48. The van der Waals surface area contributed by atoms with E-state index in [1.54, 1.807) is 24.3 Å². The lowest BCUT2D eigenvalue weighted by molar-refractivity contribution is 0.183. The summed E-state index contributed by atoms with van der Waals surface area (Å²) in [5.41, 5.74) is 2.75. The van der Waals surface area contributed by atoms with Gasteiger partial charge >= 0.3 is 0 Å². The zero-order chi connectivity index (χ0) is 22.8. The molecular formula is C26H38N2O3S. The quantitative estimate of drug-likeness (QED) is 0.464. The van der Waals surface area contributed by atoms with Crippen LogP contribution in [0, 0.1) is 12.8 Å². The van der Waals surface area contributed by atoms with Crippen LogP contribution in [0.1, 0.15) is 50.2 Å². The Balaban J connectivity index is 1.34. The van der Waals surface area contributed by atoms with Gasteiger partial charge in [0.1, 0.15) is 5.75 Å². The first-order valence-corrected chi connectivity index (χ1v) is 13.4. The molecule has 176 valence electrons. The first-order chi connectivity index (χ1) is 15.5. The largest absolute Gasteiger partial charge is 0.494 e. The molecule has 1 heterocycles. The summed E-state index contributed by atoms with van der Waals surface area (Å²) >= 11 is 0. The van der Waals surface area contributed by atoms with Crippen LogP contribution in [0.5, 0.6) is 5.75 Å². The molecule has 0 bridgehead atoms. The minimum absolute atomic E-state index is 0.289. The maximum absolute atomic E-state index is 12.5. The minimum Gasteiger partial charge on any atom is -0.494 e. The van der Waals surface area contributed by atoms with Crippen LogP contribution >= 0.6 is 0 Å². The van der Waals surface area contributed by atoms with Crippen molar-refractivity contribution in [2.75, 3.05) is 32.8 Å². The van der Waals surface area contributed by atoms with Crippen LogP contribution in [0.15, 0.2) is 53.4 Å². The molecule has 5 nitrogen and oxygen atoms in total. The van der Waals surface area contributed by atoms with E-state index in [2.05, 4.69) is 47.7 Å². The Labute approximate surface area is 194 Å². The van der Waals surface area contributed by atoms with Gasteiger partial charge in [0.15, 0.2) is 0 Å². The number of rotatable bonds is 12. The zero-order valence-corrected chi connectivity index (χ0v) is 20.4. The molecule has 1 aliphatic rings. The molecule has 0 spiro atoms. The summed E-state index contributed by atoms with van der Waals surface area (Å²) in [6.07, 6.45) is 6.48. The molecular weight excluding hydrogens is 420 g/mol. The van der Waals surface area contributed by atoms with Gasteiger partial charge in [0.05, 0.1) is 11.5 Å². The second-order valence-corrected chi connectivity index (χ2v) is 10.7. The molecule has 1 aliphatic heterocycles. The smallest absolute Gasteiger partial charge is 0.240 e. The molecule has 32 heavy (non-hydrogen) atoms. The highest BCUT2D eigenvalue weighted by molar-refractivity contribution is 7.89. The van der Waals surface area contributed by atoms with E-state index in [4.69, 9.17) is 4.74 Å². The van der Waals surface area contributed by atoms with Gasteiger partial charge in [0.25, 0.3) is 0 Å². The van der Waals surface area contributed by atoms with Gasteiger partial charge in [-0.1, -0.05) is 43.2 Å². The lowest BCUT2D eigenvalue weighted by Crippen LogP contribution is -2.36. The SMILES string of the molecule is CCCCOc1ccc(S(=O)(=O)NCCCN2CCC(Cc3ccc(C)cc3)CC2)cc1. The highest BCUT2D eigenvalue weighted by atomic mass is 32.2. The molecule has 1 fully saturated rings. The molecule has 2 aromatic rings. The van der Waals surface area contributed by atoms with Crippen LogP contribution in [0.4, 0.5) is 0 Å². The number of hydrogen-bond donors (Lipinski definition) is 1. The second kappa shape index (κ2) is 12.4. The van der Waals surface area contributed by atoms with E-state index in [0.717, 1.165) is 51.2 Å². The van der Waals surface area contributed by atoms with Crippen molar-refractivity contribution in [2.24, 2.45) is 5.92 Å². The van der Waals surface area contributed by atoms with E-state index in [1.807, 2.05) is 0 Å². The average Bonchev–Trinajstić information content (AvgIpc) is 2.80. The van der Waals surface area contributed by atoms with Gasteiger partial charge in [-0.3, -0.25) is 0 Å². The normalized spacial score (nSPS) is 15.7. The number of aryl methyl sites for hydroxylation is 1. The number of sulfonamides is 1. The van der Waals surface area contributed by atoms with E-state index < -0.39 is 10.0 Å². The van der Waals surface area contributed by atoms with Crippen molar-refractivity contribution in [1.82, 2.24) is 9.62 Å². The Morgan fingerprint density at radius 3 is 2.34 bits per heavy atom. The fourth-order valence-electron chi connectivity index (χ4n) is 4.11. The summed E-state index contributed by atoms with van der Waals surface area (Å²) in [4.78, 5) is 2.75. The van der Waals surface area contributed by atoms with Crippen molar-refractivity contribution in [3.63, 3.8) is 0 Å². The van der Waals surface area contributed by atoms with Crippen molar-refractivity contribution in [1.29, 1.82) is 0 Å². The van der Waals surface area contributed by atoms with Gasteiger partial charge < -0.3 is 9.64 Å². The predicted octanol–water partition coefficient (Wildman–Crippen LogP) is 4.80. The van der Waals surface area contributed by atoms with Gasteiger partial charge in [-0.2, -0.15) is 0 Å². The van der Waals surface area contributed by atoms with Gasteiger partial charge in [0.2, 0.25) is 10.0 Å². The Morgan fingerprint density at radius 2 is 1.69 bits per heavy atom. The second-order valence-electron chi connectivity index (χ2n) is 8.90. The lowest BCUT2D eigenvalue weighted by atomic mass is 9.90. The van der Waals surface area contributed by atoms with Crippen molar-refractivity contribution in [3.8, 4) is 5.75 Å². The van der Waals surface area contributed by atoms with Gasteiger partial charge in [-0.15, -0.1) is 0 Å². The van der Waals surface area contributed by atoms with Crippen LogP contribution in [0.25, 0.3) is 0 Å². The van der Waals surface area contributed by atoms with E-state index in [-0.39, 0.29) is 4.90 Å². The predicted molar refractivity (Wildman–Crippen MR) is 131 cm³/mol. The molecule has 0 amide bonds. The van der Waals surface area contributed by atoms with Crippen LogP contribution in [0.2, 0.25) is 0 Å². The molecule has 1 N–H and O–H groups in total. The Morgan fingerprint density at radius 1 is 1.00 bits per heavy atom. The first kappa shape index (κ1) is 24.7. The molecule has 0 aliphatic carbocycles. The first-order valence-electron chi connectivity index (χ1n) is 12.0. The summed E-state index contributed by atoms with van der Waals surface area (Å²) in [5, 5.41) is 0. The highest BCUT2D eigenvalue weighted by Crippen LogP contribution is 2.22. The van der Waals surface area contributed by atoms with Crippen molar-refractivity contribution < 1.29 is 13.2 Å². The zero-order valence-electron chi connectivity index (χ0n) is 19.6. The summed E-state index contributed by atoms with van der Waals surface area (Å²) in [5.74, 6) is 1.46.